The van der Waals surface area contributed by atoms with E-state index in [0.717, 1.165) is 25.0 Å². The summed E-state index contributed by atoms with van der Waals surface area (Å²) < 4.78 is 44.6. The number of piperidine rings is 1. The van der Waals surface area contributed by atoms with E-state index in [1.54, 1.807) is 18.7 Å². The van der Waals surface area contributed by atoms with Crippen LogP contribution in [0.15, 0.2) is 18.2 Å². The van der Waals surface area contributed by atoms with Gasteiger partial charge in [0.25, 0.3) is 0 Å². The Bertz CT molecular complexity index is 657. The molecular weight excluding hydrogens is 323 g/mol. The summed E-state index contributed by atoms with van der Waals surface area (Å²) in [5.74, 6) is -0.0163. The lowest BCUT2D eigenvalue weighted by atomic mass is 9.84. The lowest BCUT2D eigenvalue weighted by molar-refractivity contribution is -0.148. The third-order valence-electron chi connectivity index (χ3n) is 4.74. The zero-order valence-corrected chi connectivity index (χ0v) is 13.6. The second-order valence-corrected chi connectivity index (χ2v) is 6.89. The summed E-state index contributed by atoms with van der Waals surface area (Å²) in [5.41, 5.74) is -1.48. The number of ether oxygens (including phenoxy) is 1. The number of rotatable bonds is 1. The number of fused-ring (bicyclic) bond motifs is 1. The van der Waals surface area contributed by atoms with Crippen LogP contribution in [0.5, 0.6) is 5.75 Å². The largest absolute Gasteiger partial charge is 0.485 e. The standard InChI is InChI=1S/C17H20F3NO3/c1-16(2)15(23)14(21-8-4-3-5-13(21)22)11-7-6-10(17(18,19)20)9-12(11)24-16/h6-7,9,14-15,23H,3-5,8H2,1-2H3/t14-,15+/m0/s1. The molecule has 132 valence electrons. The van der Waals surface area contributed by atoms with Crippen molar-refractivity contribution < 1.29 is 27.8 Å². The van der Waals surface area contributed by atoms with Gasteiger partial charge in [-0.1, -0.05) is 6.07 Å². The second-order valence-electron chi connectivity index (χ2n) is 6.89. The zero-order chi connectivity index (χ0) is 17.7. The highest BCUT2D eigenvalue weighted by molar-refractivity contribution is 5.77. The SMILES string of the molecule is CC1(C)Oc2cc(C(F)(F)F)ccc2[C@H](N2CCCCC2=O)[C@H]1O. The van der Waals surface area contributed by atoms with Crippen molar-refractivity contribution >= 4 is 5.91 Å². The molecule has 1 fully saturated rings. The first-order valence-electron chi connectivity index (χ1n) is 7.99. The first-order valence-corrected chi connectivity index (χ1v) is 7.99. The zero-order valence-electron chi connectivity index (χ0n) is 13.6. The number of halogens is 3. The smallest absolute Gasteiger partial charge is 0.416 e. The van der Waals surface area contributed by atoms with Gasteiger partial charge in [-0.15, -0.1) is 0 Å². The molecule has 2 atom stereocenters. The number of aliphatic hydroxyl groups excluding tert-OH is 1. The molecule has 1 amide bonds. The molecule has 0 unspecified atom stereocenters. The van der Waals surface area contributed by atoms with Crippen molar-refractivity contribution in [3.63, 3.8) is 0 Å². The molecule has 0 bridgehead atoms. The predicted molar refractivity (Wildman–Crippen MR) is 80.5 cm³/mol. The van der Waals surface area contributed by atoms with Gasteiger partial charge in [0.1, 0.15) is 17.5 Å². The summed E-state index contributed by atoms with van der Waals surface area (Å²) in [6.45, 7) is 3.71. The molecular formula is C17H20F3NO3. The lowest BCUT2D eigenvalue weighted by Gasteiger charge is -2.47. The third kappa shape index (κ3) is 2.85. The molecule has 1 N–H and O–H groups in total. The first kappa shape index (κ1) is 17.1. The Morgan fingerprint density at radius 3 is 2.62 bits per heavy atom. The number of alkyl halides is 3. The van der Waals surface area contributed by atoms with Gasteiger partial charge >= 0.3 is 6.18 Å². The maximum absolute atomic E-state index is 13.0. The number of hydrogen-bond donors (Lipinski definition) is 1. The van der Waals surface area contributed by atoms with Crippen molar-refractivity contribution in [1.82, 2.24) is 4.90 Å². The van der Waals surface area contributed by atoms with E-state index in [1.807, 2.05) is 0 Å². The Balaban J connectivity index is 2.08. The molecule has 0 spiro atoms. The van der Waals surface area contributed by atoms with E-state index in [9.17, 15) is 23.1 Å². The van der Waals surface area contributed by atoms with Crippen molar-refractivity contribution in [3.8, 4) is 5.75 Å². The molecule has 0 aliphatic carbocycles. The van der Waals surface area contributed by atoms with E-state index in [-0.39, 0.29) is 11.7 Å². The van der Waals surface area contributed by atoms with E-state index >= 15 is 0 Å². The minimum absolute atomic E-state index is 0.0727. The van der Waals surface area contributed by atoms with Crippen molar-refractivity contribution in [2.45, 2.75) is 57.0 Å². The van der Waals surface area contributed by atoms with Crippen molar-refractivity contribution in [1.29, 1.82) is 0 Å². The summed E-state index contributed by atoms with van der Waals surface area (Å²) in [5, 5.41) is 10.7. The van der Waals surface area contributed by atoms with Gasteiger partial charge in [0.05, 0.1) is 11.6 Å². The van der Waals surface area contributed by atoms with Crippen LogP contribution in [0.3, 0.4) is 0 Å². The molecule has 2 aliphatic heterocycles. The number of likely N-dealkylation sites (tertiary alicyclic amines) is 1. The molecule has 0 saturated carbocycles. The van der Waals surface area contributed by atoms with Crippen LogP contribution in [0, 0.1) is 0 Å². The summed E-state index contributed by atoms with van der Waals surface area (Å²) in [6, 6.07) is 2.53. The average Bonchev–Trinajstić information content (AvgIpc) is 2.48. The molecule has 3 rings (SSSR count). The van der Waals surface area contributed by atoms with E-state index < -0.39 is 29.5 Å². The molecule has 0 aromatic heterocycles. The number of hydrogen-bond acceptors (Lipinski definition) is 3. The van der Waals surface area contributed by atoms with Crippen molar-refractivity contribution in [2.75, 3.05) is 6.54 Å². The number of nitrogens with zero attached hydrogens (tertiary/aromatic N) is 1. The highest BCUT2D eigenvalue weighted by Gasteiger charge is 2.47. The molecule has 1 aromatic rings. The van der Waals surface area contributed by atoms with Gasteiger partial charge in [-0.3, -0.25) is 4.79 Å². The minimum atomic E-state index is -4.48. The van der Waals surface area contributed by atoms with Gasteiger partial charge in [-0.25, -0.2) is 0 Å². The molecule has 2 heterocycles. The van der Waals surface area contributed by atoms with Crippen LogP contribution >= 0.6 is 0 Å². The van der Waals surface area contributed by atoms with E-state index in [1.165, 1.54) is 6.07 Å². The van der Waals surface area contributed by atoms with Gasteiger partial charge in [0, 0.05) is 18.5 Å². The van der Waals surface area contributed by atoms with E-state index in [4.69, 9.17) is 4.74 Å². The molecule has 1 aromatic carbocycles. The number of carbonyl (C=O) groups excluding carboxylic acids is 1. The summed E-state index contributed by atoms with van der Waals surface area (Å²) >= 11 is 0. The lowest BCUT2D eigenvalue weighted by Crippen LogP contribution is -2.55. The average molecular weight is 343 g/mol. The van der Waals surface area contributed by atoms with Crippen LogP contribution in [0.1, 0.15) is 50.3 Å². The van der Waals surface area contributed by atoms with Crippen LogP contribution in [-0.4, -0.2) is 34.2 Å². The Kier molecular flexibility index (Phi) is 4.02. The molecule has 24 heavy (non-hydrogen) atoms. The Hall–Kier alpha value is -1.76. The fraction of sp³-hybridized carbons (Fsp3) is 0.588. The molecule has 7 heteroatoms. The topological polar surface area (TPSA) is 49.8 Å². The van der Waals surface area contributed by atoms with Crippen LogP contribution in [0.4, 0.5) is 13.2 Å². The second kappa shape index (κ2) is 5.65. The van der Waals surface area contributed by atoms with Gasteiger partial charge in [0.2, 0.25) is 5.91 Å². The summed E-state index contributed by atoms with van der Waals surface area (Å²) in [6.07, 6.45) is -3.51. The summed E-state index contributed by atoms with van der Waals surface area (Å²) in [7, 11) is 0. The quantitative estimate of drug-likeness (QED) is 0.851. The monoisotopic (exact) mass is 343 g/mol. The van der Waals surface area contributed by atoms with Gasteiger partial charge in [-0.05, 0) is 38.8 Å². The molecule has 4 nitrogen and oxygen atoms in total. The Morgan fingerprint density at radius 1 is 1.29 bits per heavy atom. The number of aliphatic hydroxyl groups is 1. The van der Waals surface area contributed by atoms with Crippen LogP contribution in [0.25, 0.3) is 0 Å². The highest BCUT2D eigenvalue weighted by atomic mass is 19.4. The maximum atomic E-state index is 13.0. The Morgan fingerprint density at radius 2 is 2.00 bits per heavy atom. The molecule has 1 saturated heterocycles. The van der Waals surface area contributed by atoms with E-state index in [2.05, 4.69) is 0 Å². The van der Waals surface area contributed by atoms with Gasteiger partial charge in [0.15, 0.2) is 0 Å². The highest BCUT2D eigenvalue weighted by Crippen LogP contribution is 2.45. The van der Waals surface area contributed by atoms with Crippen LogP contribution < -0.4 is 4.74 Å². The van der Waals surface area contributed by atoms with Crippen molar-refractivity contribution in [3.05, 3.63) is 29.3 Å². The fourth-order valence-corrected chi connectivity index (χ4v) is 3.40. The van der Waals surface area contributed by atoms with Crippen LogP contribution in [0.2, 0.25) is 0 Å². The molecule has 2 aliphatic rings. The number of carbonyl (C=O) groups is 1. The molecule has 0 radical (unpaired) electrons. The third-order valence-corrected chi connectivity index (χ3v) is 4.74. The Labute approximate surface area is 138 Å². The van der Waals surface area contributed by atoms with Crippen molar-refractivity contribution in [2.24, 2.45) is 0 Å². The fourth-order valence-electron chi connectivity index (χ4n) is 3.40. The van der Waals surface area contributed by atoms with Gasteiger partial charge in [-0.2, -0.15) is 13.2 Å². The summed E-state index contributed by atoms with van der Waals surface area (Å²) in [4.78, 5) is 13.9. The number of benzene rings is 1. The maximum Gasteiger partial charge on any atom is 0.416 e. The number of amides is 1. The first-order chi connectivity index (χ1) is 11.1. The van der Waals surface area contributed by atoms with Gasteiger partial charge < -0.3 is 14.7 Å². The minimum Gasteiger partial charge on any atom is -0.485 e. The normalized spacial score (nSPS) is 26.8. The predicted octanol–water partition coefficient (Wildman–Crippen LogP) is 3.29. The van der Waals surface area contributed by atoms with E-state index in [0.29, 0.717) is 18.5 Å². The van der Waals surface area contributed by atoms with Crippen LogP contribution in [-0.2, 0) is 11.0 Å².